The third-order valence-corrected chi connectivity index (χ3v) is 7.46. The van der Waals surface area contributed by atoms with E-state index < -0.39 is 17.5 Å². The van der Waals surface area contributed by atoms with Gasteiger partial charge in [0, 0.05) is 42.3 Å². The summed E-state index contributed by atoms with van der Waals surface area (Å²) in [5, 5.41) is 17.6. The van der Waals surface area contributed by atoms with Gasteiger partial charge in [-0.2, -0.15) is 0 Å². The van der Waals surface area contributed by atoms with Crippen molar-refractivity contribution in [2.75, 3.05) is 38.8 Å². The van der Waals surface area contributed by atoms with Crippen molar-refractivity contribution in [3.63, 3.8) is 0 Å². The maximum atomic E-state index is 15.5. The molecule has 224 valence electrons. The Kier molecular flexibility index (Phi) is 8.22. The first-order chi connectivity index (χ1) is 20.1. The van der Waals surface area contributed by atoms with E-state index in [0.29, 0.717) is 46.6 Å². The lowest BCUT2D eigenvalue weighted by Crippen LogP contribution is -2.38. The van der Waals surface area contributed by atoms with Gasteiger partial charge in [0.15, 0.2) is 11.6 Å². The number of methoxy groups -OCH3 is 1. The van der Waals surface area contributed by atoms with Crippen LogP contribution in [0.5, 0.6) is 5.75 Å². The van der Waals surface area contributed by atoms with Crippen molar-refractivity contribution in [2.24, 2.45) is 0 Å². The fraction of sp³-hybridized carbons (Fsp3) is 0.433. The Balaban J connectivity index is 1.53. The van der Waals surface area contributed by atoms with Gasteiger partial charge < -0.3 is 39.3 Å². The van der Waals surface area contributed by atoms with E-state index in [9.17, 15) is 14.7 Å². The number of benzene rings is 1. The van der Waals surface area contributed by atoms with Crippen molar-refractivity contribution in [3.8, 4) is 17.1 Å². The zero-order chi connectivity index (χ0) is 30.2. The quantitative estimate of drug-likeness (QED) is 0.239. The number of aliphatic hydroxyl groups is 1. The van der Waals surface area contributed by atoms with E-state index in [-0.39, 0.29) is 61.5 Å². The monoisotopic (exact) mass is 582 g/mol. The number of carbonyl (C=O) groups excluding carboxylic acids is 1. The smallest absolute Gasteiger partial charge is 0.412 e. The summed E-state index contributed by atoms with van der Waals surface area (Å²) in [5.74, 6) is -0.852. The van der Waals surface area contributed by atoms with E-state index >= 15 is 4.39 Å². The van der Waals surface area contributed by atoms with Gasteiger partial charge in [-0.3, -0.25) is 4.79 Å². The Morgan fingerprint density at radius 3 is 2.79 bits per heavy atom. The zero-order valence-corrected chi connectivity index (χ0v) is 24.1. The van der Waals surface area contributed by atoms with Crippen LogP contribution in [0.25, 0.3) is 22.3 Å². The molecule has 1 atom stereocenters. The predicted molar refractivity (Wildman–Crippen MR) is 154 cm³/mol. The van der Waals surface area contributed by atoms with Gasteiger partial charge in [0.05, 0.1) is 54.5 Å². The number of amides is 1. The van der Waals surface area contributed by atoms with Crippen LogP contribution in [0.3, 0.4) is 0 Å². The third-order valence-electron chi connectivity index (χ3n) is 7.46. The van der Waals surface area contributed by atoms with Crippen LogP contribution >= 0.6 is 0 Å². The lowest BCUT2D eigenvalue weighted by molar-refractivity contribution is -0.0172. The van der Waals surface area contributed by atoms with Gasteiger partial charge in [0.1, 0.15) is 18.0 Å². The number of hydrogen-bond donors (Lipinski definition) is 3. The van der Waals surface area contributed by atoms with Crippen LogP contribution in [-0.4, -0.2) is 60.3 Å². The molecule has 12 heteroatoms. The normalized spacial score (nSPS) is 17.1. The Bertz CT molecular complexity index is 1620. The number of fused-ring (bicyclic) bond motifs is 5. The second-order valence-electron chi connectivity index (χ2n) is 10.6. The van der Waals surface area contributed by atoms with Gasteiger partial charge in [0.25, 0.3) is 5.56 Å². The summed E-state index contributed by atoms with van der Waals surface area (Å²) >= 11 is 0. The second kappa shape index (κ2) is 11.7. The molecule has 1 aromatic carbocycles. The average Bonchev–Trinajstić information content (AvgIpc) is 3.31. The van der Waals surface area contributed by atoms with Crippen LogP contribution in [-0.2, 0) is 33.0 Å². The number of rotatable bonds is 10. The molecule has 0 saturated heterocycles. The minimum absolute atomic E-state index is 0.0110. The van der Waals surface area contributed by atoms with Crippen molar-refractivity contribution in [2.45, 2.75) is 52.0 Å². The Hall–Kier alpha value is -4.00. The van der Waals surface area contributed by atoms with Crippen LogP contribution in [0.15, 0.2) is 35.3 Å². The summed E-state index contributed by atoms with van der Waals surface area (Å²) in [5.41, 5.74) is 1.35. The van der Waals surface area contributed by atoms with E-state index in [4.69, 9.17) is 23.9 Å². The molecule has 0 bridgehead atoms. The Morgan fingerprint density at radius 1 is 1.29 bits per heavy atom. The number of anilines is 1. The summed E-state index contributed by atoms with van der Waals surface area (Å²) in [6.45, 7) is 10.9. The molecule has 0 radical (unpaired) electrons. The predicted octanol–water partition coefficient (Wildman–Crippen LogP) is 3.78. The number of carbonyl (C=O) groups is 1. The van der Waals surface area contributed by atoms with Gasteiger partial charge in [-0.25, -0.2) is 14.2 Å². The van der Waals surface area contributed by atoms with Crippen molar-refractivity contribution in [1.82, 2.24) is 14.9 Å². The molecule has 4 heterocycles. The standard InChI is InChI=1S/C30H35FN4O7/c1-6-30(38)17(4)41-15-20-21(30)12-24-25-18(14-35(24)28(20)36)11-19-23(34-25)13-22(31)27(26(19)33-16(2)3)42-29(37)32-7-8-40-10-9-39-5/h11-13,16,33,38H,4,6-10,14-15H2,1-3,5H3,(H,32,37)/t30-/m1/s1. The molecule has 0 unspecified atom stereocenters. The highest BCUT2D eigenvalue weighted by molar-refractivity contribution is 5.98. The first-order valence-corrected chi connectivity index (χ1v) is 13.9. The highest BCUT2D eigenvalue weighted by Gasteiger charge is 2.41. The molecular formula is C30H35FN4O7. The second-order valence-corrected chi connectivity index (χ2v) is 10.6. The van der Waals surface area contributed by atoms with E-state index in [0.717, 1.165) is 5.56 Å². The van der Waals surface area contributed by atoms with E-state index in [2.05, 4.69) is 17.2 Å². The first-order valence-electron chi connectivity index (χ1n) is 13.9. The summed E-state index contributed by atoms with van der Waals surface area (Å²) in [7, 11) is 1.56. The van der Waals surface area contributed by atoms with Gasteiger partial charge in [-0.1, -0.05) is 13.5 Å². The Labute approximate surface area is 242 Å². The summed E-state index contributed by atoms with van der Waals surface area (Å²) in [6, 6.07) is 4.65. The molecule has 11 nitrogen and oxygen atoms in total. The molecule has 0 saturated carbocycles. The molecule has 2 aliphatic rings. The fourth-order valence-electron chi connectivity index (χ4n) is 5.32. The Morgan fingerprint density at radius 2 is 2.07 bits per heavy atom. The molecule has 3 N–H and O–H groups in total. The lowest BCUT2D eigenvalue weighted by atomic mass is 9.84. The molecule has 1 amide bonds. The number of aromatic nitrogens is 2. The highest BCUT2D eigenvalue weighted by atomic mass is 19.1. The fourth-order valence-corrected chi connectivity index (χ4v) is 5.32. The number of halogens is 1. The summed E-state index contributed by atoms with van der Waals surface area (Å²) in [4.78, 5) is 30.8. The van der Waals surface area contributed by atoms with E-state index in [1.807, 2.05) is 19.9 Å². The molecule has 42 heavy (non-hydrogen) atoms. The molecule has 0 aliphatic carbocycles. The molecule has 2 aliphatic heterocycles. The number of nitrogens with zero attached hydrogens (tertiary/aromatic N) is 2. The van der Waals surface area contributed by atoms with Gasteiger partial charge in [-0.05, 0) is 32.4 Å². The molecule has 0 spiro atoms. The molecule has 2 aromatic heterocycles. The number of pyridine rings is 2. The van der Waals surface area contributed by atoms with E-state index in [1.54, 1.807) is 24.7 Å². The largest absolute Gasteiger partial charge is 0.490 e. The number of nitrogens with one attached hydrogen (secondary N) is 2. The number of ether oxygens (including phenoxy) is 4. The molecule has 3 aromatic rings. The first kappa shape index (κ1) is 29.5. The number of hydrogen-bond acceptors (Lipinski definition) is 9. The minimum Gasteiger partial charge on any atom is -0.490 e. The van der Waals surface area contributed by atoms with Crippen molar-refractivity contribution in [1.29, 1.82) is 0 Å². The minimum atomic E-state index is -1.51. The topological polar surface area (TPSA) is 133 Å². The van der Waals surface area contributed by atoms with Crippen molar-refractivity contribution >= 4 is 22.7 Å². The lowest BCUT2D eigenvalue weighted by Gasteiger charge is -2.35. The average molecular weight is 583 g/mol. The molecule has 0 fully saturated rings. The maximum absolute atomic E-state index is 15.5. The maximum Gasteiger partial charge on any atom is 0.412 e. The third kappa shape index (κ3) is 5.21. The van der Waals surface area contributed by atoms with Crippen molar-refractivity contribution in [3.05, 3.63) is 63.4 Å². The summed E-state index contributed by atoms with van der Waals surface area (Å²) in [6.07, 6.45) is -0.562. The SMILES string of the molecule is C=C1OCc2c(cc3n(c2=O)Cc2cc4c(NC(C)C)c(OC(=O)NCCOCCOC)c(F)cc4nc2-3)[C@@]1(O)CC. The van der Waals surface area contributed by atoms with Crippen LogP contribution < -0.4 is 20.9 Å². The van der Waals surface area contributed by atoms with Crippen LogP contribution in [0.1, 0.15) is 43.9 Å². The van der Waals surface area contributed by atoms with Crippen LogP contribution in [0.4, 0.5) is 14.9 Å². The highest BCUT2D eigenvalue weighted by Crippen LogP contribution is 2.43. The summed E-state index contributed by atoms with van der Waals surface area (Å²) < 4.78 is 38.3. The van der Waals surface area contributed by atoms with Crippen LogP contribution in [0, 0.1) is 5.82 Å². The van der Waals surface area contributed by atoms with E-state index in [1.165, 1.54) is 6.07 Å². The molecular weight excluding hydrogens is 547 g/mol. The van der Waals surface area contributed by atoms with Gasteiger partial charge in [0.2, 0.25) is 0 Å². The van der Waals surface area contributed by atoms with Gasteiger partial charge in [-0.15, -0.1) is 0 Å². The zero-order valence-electron chi connectivity index (χ0n) is 24.1. The van der Waals surface area contributed by atoms with Gasteiger partial charge >= 0.3 is 6.09 Å². The van der Waals surface area contributed by atoms with Crippen LogP contribution in [0.2, 0.25) is 0 Å². The van der Waals surface area contributed by atoms with Crippen molar-refractivity contribution < 1.29 is 33.2 Å². The molecule has 5 rings (SSSR count).